The highest BCUT2D eigenvalue weighted by Gasteiger charge is 2.28. The van der Waals surface area contributed by atoms with Crippen molar-refractivity contribution in [2.75, 3.05) is 24.5 Å². The van der Waals surface area contributed by atoms with Gasteiger partial charge in [0.2, 0.25) is 5.91 Å². The van der Waals surface area contributed by atoms with Crippen LogP contribution in [-0.2, 0) is 11.3 Å². The topological polar surface area (TPSA) is 23.6 Å². The fourth-order valence-electron chi connectivity index (χ4n) is 2.99. The van der Waals surface area contributed by atoms with E-state index in [-0.39, 0.29) is 11.3 Å². The Bertz CT molecular complexity index is 471. The minimum Gasteiger partial charge on any atom is -0.371 e. The summed E-state index contributed by atoms with van der Waals surface area (Å²) in [6.07, 6.45) is 3.01. The lowest BCUT2D eigenvalue weighted by Crippen LogP contribution is -2.27. The molecule has 1 atom stereocenters. The molecule has 2 heterocycles. The van der Waals surface area contributed by atoms with Gasteiger partial charge in [0.05, 0.1) is 5.38 Å². The average Bonchev–Trinajstić information content (AvgIpc) is 3.01. The summed E-state index contributed by atoms with van der Waals surface area (Å²) < 4.78 is 0. The van der Waals surface area contributed by atoms with Crippen molar-refractivity contribution >= 4 is 23.2 Å². The van der Waals surface area contributed by atoms with Crippen LogP contribution in [0.4, 0.5) is 5.69 Å². The maximum absolute atomic E-state index is 11.8. The molecule has 0 saturated carbocycles. The van der Waals surface area contributed by atoms with E-state index < -0.39 is 0 Å². The van der Waals surface area contributed by atoms with Gasteiger partial charge in [-0.1, -0.05) is 18.2 Å². The highest BCUT2D eigenvalue weighted by atomic mass is 35.5. The Hall–Kier alpha value is -1.22. The number of likely N-dealkylation sites (tertiary alicyclic amines) is 1. The summed E-state index contributed by atoms with van der Waals surface area (Å²) in [5.74, 6) is 0.177. The van der Waals surface area contributed by atoms with Crippen LogP contribution < -0.4 is 4.90 Å². The van der Waals surface area contributed by atoms with Gasteiger partial charge in [-0.05, 0) is 24.5 Å². The number of para-hydroxylation sites is 1. The fourth-order valence-corrected chi connectivity index (χ4v) is 3.29. The molecule has 2 fully saturated rings. The van der Waals surface area contributed by atoms with Crippen LogP contribution in [-0.4, -0.2) is 35.8 Å². The number of rotatable bonds is 3. The summed E-state index contributed by atoms with van der Waals surface area (Å²) in [5.41, 5.74) is 2.52. The van der Waals surface area contributed by atoms with E-state index in [1.165, 1.54) is 24.1 Å². The highest BCUT2D eigenvalue weighted by Crippen LogP contribution is 2.27. The molecule has 0 aliphatic carbocycles. The first kappa shape index (κ1) is 12.8. The van der Waals surface area contributed by atoms with E-state index in [2.05, 4.69) is 23.1 Å². The molecule has 2 aliphatic rings. The lowest BCUT2D eigenvalue weighted by molar-refractivity contribution is -0.128. The van der Waals surface area contributed by atoms with Crippen LogP contribution in [0.25, 0.3) is 0 Å². The van der Waals surface area contributed by atoms with Gasteiger partial charge in [-0.2, -0.15) is 0 Å². The van der Waals surface area contributed by atoms with E-state index in [1.54, 1.807) is 0 Å². The summed E-state index contributed by atoms with van der Waals surface area (Å²) in [4.78, 5) is 16.2. The maximum atomic E-state index is 11.8. The standard InChI is InChI=1S/C15H19ClN2O/c16-13-9-15(19)18(11-13)10-12-5-1-2-6-14(12)17-7-3-4-8-17/h1-2,5-6,13H,3-4,7-11H2. The molecule has 0 bridgehead atoms. The van der Waals surface area contributed by atoms with Gasteiger partial charge in [0, 0.05) is 38.3 Å². The summed E-state index contributed by atoms with van der Waals surface area (Å²) in [5, 5.41) is -0.0218. The van der Waals surface area contributed by atoms with Crippen molar-refractivity contribution in [3.05, 3.63) is 29.8 Å². The number of hydrogen-bond acceptors (Lipinski definition) is 2. The zero-order valence-corrected chi connectivity index (χ0v) is 11.8. The minimum atomic E-state index is -0.0218. The Balaban J connectivity index is 1.78. The maximum Gasteiger partial charge on any atom is 0.224 e. The molecule has 1 amide bonds. The second kappa shape index (κ2) is 5.41. The van der Waals surface area contributed by atoms with Gasteiger partial charge >= 0.3 is 0 Å². The fraction of sp³-hybridized carbons (Fsp3) is 0.533. The van der Waals surface area contributed by atoms with Crippen LogP contribution in [0.2, 0.25) is 0 Å². The molecule has 0 spiro atoms. The smallest absolute Gasteiger partial charge is 0.224 e. The summed E-state index contributed by atoms with van der Waals surface area (Å²) in [6, 6.07) is 8.42. The van der Waals surface area contributed by atoms with Crippen LogP contribution in [0.3, 0.4) is 0 Å². The van der Waals surface area contributed by atoms with Gasteiger partial charge in [0.15, 0.2) is 0 Å². The molecule has 2 saturated heterocycles. The lowest BCUT2D eigenvalue weighted by atomic mass is 10.1. The number of benzene rings is 1. The number of carbonyl (C=O) groups excluding carboxylic acids is 1. The largest absolute Gasteiger partial charge is 0.371 e. The number of halogens is 1. The van der Waals surface area contributed by atoms with Crippen LogP contribution in [0.15, 0.2) is 24.3 Å². The van der Waals surface area contributed by atoms with E-state index >= 15 is 0 Å². The Morgan fingerprint density at radius 2 is 1.95 bits per heavy atom. The predicted octanol–water partition coefficient (Wildman–Crippen LogP) is 2.63. The molecular formula is C15H19ClN2O. The third-order valence-corrected chi connectivity index (χ3v) is 4.26. The number of carbonyl (C=O) groups is 1. The third-order valence-electron chi connectivity index (χ3n) is 3.97. The van der Waals surface area contributed by atoms with Crippen LogP contribution in [0, 0.1) is 0 Å². The van der Waals surface area contributed by atoms with Crippen molar-refractivity contribution in [3.63, 3.8) is 0 Å². The molecule has 0 N–H and O–H groups in total. The Kier molecular flexibility index (Phi) is 3.65. The van der Waals surface area contributed by atoms with E-state index in [9.17, 15) is 4.79 Å². The first-order valence-electron chi connectivity index (χ1n) is 6.99. The molecule has 3 rings (SSSR count). The van der Waals surface area contributed by atoms with Crippen molar-refractivity contribution in [2.24, 2.45) is 0 Å². The summed E-state index contributed by atoms with van der Waals surface area (Å²) in [7, 11) is 0. The van der Waals surface area contributed by atoms with Crippen molar-refractivity contribution in [1.29, 1.82) is 0 Å². The second-order valence-corrected chi connectivity index (χ2v) is 6.02. The summed E-state index contributed by atoms with van der Waals surface area (Å²) >= 11 is 6.06. The van der Waals surface area contributed by atoms with Gasteiger partial charge in [-0.3, -0.25) is 4.79 Å². The zero-order chi connectivity index (χ0) is 13.2. The first-order chi connectivity index (χ1) is 9.24. The van der Waals surface area contributed by atoms with Gasteiger partial charge in [-0.15, -0.1) is 11.6 Å². The van der Waals surface area contributed by atoms with Crippen molar-refractivity contribution in [3.8, 4) is 0 Å². The number of hydrogen-bond donors (Lipinski definition) is 0. The van der Waals surface area contributed by atoms with Crippen LogP contribution in [0.1, 0.15) is 24.8 Å². The molecule has 4 heteroatoms. The Morgan fingerprint density at radius 1 is 1.21 bits per heavy atom. The molecular weight excluding hydrogens is 260 g/mol. The molecule has 0 radical (unpaired) electrons. The quantitative estimate of drug-likeness (QED) is 0.794. The van der Waals surface area contributed by atoms with Crippen molar-refractivity contribution in [1.82, 2.24) is 4.90 Å². The SMILES string of the molecule is O=C1CC(Cl)CN1Cc1ccccc1N1CCCC1. The van der Waals surface area contributed by atoms with Gasteiger partial charge in [0.25, 0.3) is 0 Å². The minimum absolute atomic E-state index is 0.0218. The first-order valence-corrected chi connectivity index (χ1v) is 7.42. The number of anilines is 1. The molecule has 19 heavy (non-hydrogen) atoms. The number of amides is 1. The lowest BCUT2D eigenvalue weighted by Gasteiger charge is -2.24. The predicted molar refractivity (Wildman–Crippen MR) is 77.6 cm³/mol. The summed E-state index contributed by atoms with van der Waals surface area (Å²) in [6.45, 7) is 3.62. The highest BCUT2D eigenvalue weighted by molar-refractivity contribution is 6.22. The van der Waals surface area contributed by atoms with E-state index in [0.29, 0.717) is 19.5 Å². The number of nitrogens with zero attached hydrogens (tertiary/aromatic N) is 2. The van der Waals surface area contributed by atoms with Crippen molar-refractivity contribution in [2.45, 2.75) is 31.2 Å². The molecule has 2 aliphatic heterocycles. The average molecular weight is 279 g/mol. The zero-order valence-electron chi connectivity index (χ0n) is 11.0. The Morgan fingerprint density at radius 3 is 2.63 bits per heavy atom. The molecule has 1 aromatic carbocycles. The van der Waals surface area contributed by atoms with E-state index in [4.69, 9.17) is 11.6 Å². The van der Waals surface area contributed by atoms with E-state index in [1.807, 2.05) is 11.0 Å². The van der Waals surface area contributed by atoms with Crippen LogP contribution >= 0.6 is 11.6 Å². The van der Waals surface area contributed by atoms with Gasteiger partial charge < -0.3 is 9.80 Å². The van der Waals surface area contributed by atoms with Crippen LogP contribution in [0.5, 0.6) is 0 Å². The molecule has 102 valence electrons. The molecule has 1 unspecified atom stereocenters. The van der Waals surface area contributed by atoms with Gasteiger partial charge in [-0.25, -0.2) is 0 Å². The normalized spacial score (nSPS) is 23.4. The van der Waals surface area contributed by atoms with E-state index in [0.717, 1.165) is 13.1 Å². The Labute approximate surface area is 119 Å². The molecule has 0 aromatic heterocycles. The monoisotopic (exact) mass is 278 g/mol. The van der Waals surface area contributed by atoms with Gasteiger partial charge in [0.1, 0.15) is 0 Å². The molecule has 3 nitrogen and oxygen atoms in total. The van der Waals surface area contributed by atoms with Crippen molar-refractivity contribution < 1.29 is 4.79 Å². The second-order valence-electron chi connectivity index (χ2n) is 5.40. The third kappa shape index (κ3) is 2.71. The molecule has 1 aromatic rings. The number of alkyl halides is 1.